The lowest BCUT2D eigenvalue weighted by atomic mass is 10.1. The fraction of sp³-hybridized carbons (Fsp3) is 0.0625. The Morgan fingerprint density at radius 3 is 2.62 bits per heavy atom. The van der Waals surface area contributed by atoms with Gasteiger partial charge in [0.15, 0.2) is 0 Å². The summed E-state index contributed by atoms with van der Waals surface area (Å²) in [6.07, 6.45) is 1.82. The number of nitrogen functional groups attached to an aromatic ring is 1. The maximum atomic E-state index is 6.10. The van der Waals surface area contributed by atoms with E-state index in [1.165, 1.54) is 0 Å². The van der Waals surface area contributed by atoms with Gasteiger partial charge in [-0.1, -0.05) is 28.1 Å². The van der Waals surface area contributed by atoms with Crippen LogP contribution < -0.4 is 10.5 Å². The van der Waals surface area contributed by atoms with Gasteiger partial charge in [0.05, 0.1) is 24.7 Å². The van der Waals surface area contributed by atoms with E-state index >= 15 is 0 Å². The molecule has 1 aromatic heterocycles. The highest BCUT2D eigenvalue weighted by molar-refractivity contribution is 9.10. The van der Waals surface area contributed by atoms with E-state index in [-0.39, 0.29) is 0 Å². The van der Waals surface area contributed by atoms with Gasteiger partial charge in [0.2, 0.25) is 0 Å². The normalized spacial score (nSPS) is 10.6. The van der Waals surface area contributed by atoms with Crippen LogP contribution in [0.3, 0.4) is 0 Å². The lowest BCUT2D eigenvalue weighted by Crippen LogP contribution is -1.94. The van der Waals surface area contributed by atoms with Crippen molar-refractivity contribution in [2.24, 2.45) is 0 Å². The molecule has 0 amide bonds. The Morgan fingerprint density at radius 1 is 1.14 bits per heavy atom. The van der Waals surface area contributed by atoms with Crippen molar-refractivity contribution in [2.45, 2.75) is 0 Å². The molecule has 0 aliphatic rings. The van der Waals surface area contributed by atoms with Crippen molar-refractivity contribution in [3.05, 3.63) is 59.2 Å². The first-order valence-electron chi connectivity index (χ1n) is 6.43. The first-order chi connectivity index (χ1) is 10.2. The van der Waals surface area contributed by atoms with Crippen LogP contribution in [0.4, 0.5) is 5.69 Å². The predicted molar refractivity (Wildman–Crippen MR) is 87.7 cm³/mol. The standard InChI is InChI=1S/C16H14BrN3O/c1-21-14-4-2-3-11(9-14)16-15(18)10-20(19-16)13-7-5-12(17)6-8-13/h2-10H,18H2,1H3. The van der Waals surface area contributed by atoms with Gasteiger partial charge in [0, 0.05) is 10.0 Å². The quantitative estimate of drug-likeness (QED) is 0.784. The third kappa shape index (κ3) is 2.78. The van der Waals surface area contributed by atoms with Crippen LogP contribution >= 0.6 is 15.9 Å². The van der Waals surface area contributed by atoms with Crippen LogP contribution in [0.1, 0.15) is 0 Å². The molecule has 0 aliphatic heterocycles. The Labute approximate surface area is 131 Å². The maximum absolute atomic E-state index is 6.10. The number of nitrogens with two attached hydrogens (primary N) is 1. The Balaban J connectivity index is 2.03. The van der Waals surface area contributed by atoms with E-state index in [9.17, 15) is 0 Å². The molecule has 2 aromatic carbocycles. The van der Waals surface area contributed by atoms with Crippen molar-refractivity contribution in [3.63, 3.8) is 0 Å². The van der Waals surface area contributed by atoms with Gasteiger partial charge in [-0.15, -0.1) is 0 Å². The van der Waals surface area contributed by atoms with Gasteiger partial charge in [0.1, 0.15) is 11.4 Å². The summed E-state index contributed by atoms with van der Waals surface area (Å²) in [4.78, 5) is 0. The molecular weight excluding hydrogens is 330 g/mol. The molecule has 0 atom stereocenters. The zero-order valence-corrected chi connectivity index (χ0v) is 13.0. The molecule has 106 valence electrons. The summed E-state index contributed by atoms with van der Waals surface area (Å²) in [5.74, 6) is 0.782. The average Bonchev–Trinajstić information content (AvgIpc) is 2.90. The summed E-state index contributed by atoms with van der Waals surface area (Å²) < 4.78 is 8.04. The van der Waals surface area contributed by atoms with E-state index in [1.54, 1.807) is 11.8 Å². The molecule has 0 unspecified atom stereocenters. The van der Waals surface area contributed by atoms with Crippen LogP contribution in [-0.2, 0) is 0 Å². The second kappa shape index (κ2) is 5.61. The van der Waals surface area contributed by atoms with E-state index in [1.807, 2.05) is 54.7 Å². The highest BCUT2D eigenvalue weighted by Gasteiger charge is 2.10. The van der Waals surface area contributed by atoms with E-state index in [4.69, 9.17) is 10.5 Å². The highest BCUT2D eigenvalue weighted by Crippen LogP contribution is 2.28. The Bertz CT molecular complexity index is 765. The monoisotopic (exact) mass is 343 g/mol. The van der Waals surface area contributed by atoms with Crippen molar-refractivity contribution in [2.75, 3.05) is 12.8 Å². The number of benzene rings is 2. The van der Waals surface area contributed by atoms with Crippen molar-refractivity contribution in [1.29, 1.82) is 0 Å². The molecule has 0 spiro atoms. The molecule has 0 radical (unpaired) electrons. The number of rotatable bonds is 3. The fourth-order valence-corrected chi connectivity index (χ4v) is 2.37. The molecule has 21 heavy (non-hydrogen) atoms. The summed E-state index contributed by atoms with van der Waals surface area (Å²) in [5, 5.41) is 4.58. The number of ether oxygens (including phenoxy) is 1. The minimum absolute atomic E-state index is 0.631. The molecule has 0 bridgehead atoms. The lowest BCUT2D eigenvalue weighted by Gasteiger charge is -2.03. The average molecular weight is 344 g/mol. The number of halogens is 1. The molecular formula is C16H14BrN3O. The van der Waals surface area contributed by atoms with Crippen LogP contribution in [0.15, 0.2) is 59.2 Å². The fourth-order valence-electron chi connectivity index (χ4n) is 2.11. The second-order valence-electron chi connectivity index (χ2n) is 4.59. The number of hydrogen-bond donors (Lipinski definition) is 1. The van der Waals surface area contributed by atoms with Gasteiger partial charge in [-0.3, -0.25) is 0 Å². The SMILES string of the molecule is COc1cccc(-c2nn(-c3ccc(Br)cc3)cc2N)c1. The van der Waals surface area contributed by atoms with Gasteiger partial charge in [-0.05, 0) is 36.4 Å². The highest BCUT2D eigenvalue weighted by atomic mass is 79.9. The van der Waals surface area contributed by atoms with E-state index in [0.717, 1.165) is 27.2 Å². The third-order valence-electron chi connectivity index (χ3n) is 3.18. The van der Waals surface area contributed by atoms with Gasteiger partial charge in [-0.25, -0.2) is 4.68 Å². The van der Waals surface area contributed by atoms with Crippen LogP contribution in [0, 0.1) is 0 Å². The van der Waals surface area contributed by atoms with Gasteiger partial charge < -0.3 is 10.5 Å². The number of aromatic nitrogens is 2. The van der Waals surface area contributed by atoms with E-state index < -0.39 is 0 Å². The summed E-state index contributed by atoms with van der Waals surface area (Å²) in [5.41, 5.74) is 9.37. The maximum Gasteiger partial charge on any atom is 0.119 e. The molecule has 3 aromatic rings. The van der Waals surface area contributed by atoms with Gasteiger partial charge in [0.25, 0.3) is 0 Å². The molecule has 4 nitrogen and oxygen atoms in total. The number of nitrogens with zero attached hydrogens (tertiary/aromatic N) is 2. The molecule has 0 fully saturated rings. The minimum atomic E-state index is 0.631. The number of hydrogen-bond acceptors (Lipinski definition) is 3. The first kappa shape index (κ1) is 13.7. The van der Waals surface area contributed by atoms with Gasteiger partial charge in [-0.2, -0.15) is 5.10 Å². The summed E-state index contributed by atoms with van der Waals surface area (Å²) >= 11 is 3.42. The topological polar surface area (TPSA) is 53.1 Å². The molecule has 2 N–H and O–H groups in total. The van der Waals surface area contributed by atoms with Gasteiger partial charge >= 0.3 is 0 Å². The van der Waals surface area contributed by atoms with Crippen LogP contribution in [0.25, 0.3) is 16.9 Å². The summed E-state index contributed by atoms with van der Waals surface area (Å²) in [7, 11) is 1.64. The van der Waals surface area contributed by atoms with E-state index in [0.29, 0.717) is 5.69 Å². The Hall–Kier alpha value is -2.27. The van der Waals surface area contributed by atoms with Crippen molar-refractivity contribution < 1.29 is 4.74 Å². The van der Waals surface area contributed by atoms with Crippen LogP contribution in [0.2, 0.25) is 0 Å². The zero-order valence-electron chi connectivity index (χ0n) is 11.5. The lowest BCUT2D eigenvalue weighted by molar-refractivity contribution is 0.415. The van der Waals surface area contributed by atoms with Crippen molar-refractivity contribution >= 4 is 21.6 Å². The smallest absolute Gasteiger partial charge is 0.119 e. The third-order valence-corrected chi connectivity index (χ3v) is 3.71. The largest absolute Gasteiger partial charge is 0.497 e. The predicted octanol–water partition coefficient (Wildman–Crippen LogP) is 3.89. The summed E-state index contributed by atoms with van der Waals surface area (Å²) in [6, 6.07) is 15.6. The molecule has 0 saturated heterocycles. The molecule has 0 saturated carbocycles. The Morgan fingerprint density at radius 2 is 1.90 bits per heavy atom. The second-order valence-corrected chi connectivity index (χ2v) is 5.50. The van der Waals surface area contributed by atoms with Crippen LogP contribution in [0.5, 0.6) is 5.75 Å². The zero-order chi connectivity index (χ0) is 14.8. The number of methoxy groups -OCH3 is 1. The van der Waals surface area contributed by atoms with E-state index in [2.05, 4.69) is 21.0 Å². The van der Waals surface area contributed by atoms with Crippen molar-refractivity contribution in [3.8, 4) is 22.7 Å². The van der Waals surface area contributed by atoms with Crippen LogP contribution in [-0.4, -0.2) is 16.9 Å². The summed E-state index contributed by atoms with van der Waals surface area (Å²) in [6.45, 7) is 0. The molecule has 1 heterocycles. The minimum Gasteiger partial charge on any atom is -0.497 e. The molecule has 0 aliphatic carbocycles. The van der Waals surface area contributed by atoms with Crippen molar-refractivity contribution in [1.82, 2.24) is 9.78 Å². The number of anilines is 1. The molecule has 5 heteroatoms. The Kier molecular flexibility index (Phi) is 3.66. The first-order valence-corrected chi connectivity index (χ1v) is 7.22. The molecule has 3 rings (SSSR count).